The van der Waals surface area contributed by atoms with E-state index >= 15 is 0 Å². The summed E-state index contributed by atoms with van der Waals surface area (Å²) >= 11 is 0. The maximum absolute atomic E-state index is 12.8. The standard InChI is InChI=1S/C43H42O9/c1-29(2)42(46)49-27-11-7-6-10-26-48-39-22-17-33(36-12-8-9-13-37(36)39)18-25-41(45)52-38-23-21-35(28-31(38)5)50-40(44)24-16-32-14-19-34(20-15-32)51-43(47)30(3)4/h8-9,12-25,28H,1,3,6-7,10-11,26-27H2,2,4-5H3/b24-16+,25-18+. The first-order valence-corrected chi connectivity index (χ1v) is 16.9. The lowest BCUT2D eigenvalue weighted by Crippen LogP contribution is -2.07. The van der Waals surface area contributed by atoms with Crippen LogP contribution in [0.4, 0.5) is 0 Å². The van der Waals surface area contributed by atoms with Crippen LogP contribution < -0.4 is 18.9 Å². The lowest BCUT2D eigenvalue weighted by atomic mass is 10.0. The third-order valence-electron chi connectivity index (χ3n) is 7.62. The summed E-state index contributed by atoms with van der Waals surface area (Å²) in [6.07, 6.45) is 9.46. The van der Waals surface area contributed by atoms with E-state index < -0.39 is 17.9 Å². The highest BCUT2D eigenvalue weighted by Crippen LogP contribution is 2.30. The van der Waals surface area contributed by atoms with Gasteiger partial charge in [-0.3, -0.25) is 0 Å². The molecule has 268 valence electrons. The summed E-state index contributed by atoms with van der Waals surface area (Å²) in [5.74, 6) is -0.274. The van der Waals surface area contributed by atoms with Crippen LogP contribution in [-0.2, 0) is 23.9 Å². The second kappa shape index (κ2) is 19.2. The molecule has 0 spiro atoms. The molecule has 0 aliphatic carbocycles. The Hall–Kier alpha value is -6.22. The van der Waals surface area contributed by atoms with E-state index in [9.17, 15) is 19.2 Å². The minimum Gasteiger partial charge on any atom is -0.493 e. The van der Waals surface area contributed by atoms with E-state index in [-0.39, 0.29) is 5.97 Å². The molecular weight excluding hydrogens is 660 g/mol. The largest absolute Gasteiger partial charge is 0.493 e. The number of fused-ring (bicyclic) bond motifs is 1. The quantitative estimate of drug-likeness (QED) is 0.0460. The van der Waals surface area contributed by atoms with E-state index in [2.05, 4.69) is 13.2 Å². The molecule has 0 saturated heterocycles. The molecule has 0 amide bonds. The van der Waals surface area contributed by atoms with Gasteiger partial charge in [0.2, 0.25) is 0 Å². The minimum atomic E-state index is -0.593. The lowest BCUT2D eigenvalue weighted by molar-refractivity contribution is -0.139. The van der Waals surface area contributed by atoms with Crippen molar-refractivity contribution in [3.05, 3.63) is 132 Å². The van der Waals surface area contributed by atoms with Gasteiger partial charge in [0.15, 0.2) is 0 Å². The van der Waals surface area contributed by atoms with Crippen LogP contribution in [0.25, 0.3) is 22.9 Å². The number of hydrogen-bond acceptors (Lipinski definition) is 9. The molecular formula is C43H42O9. The summed E-state index contributed by atoms with van der Waals surface area (Å²) in [5, 5.41) is 1.86. The van der Waals surface area contributed by atoms with Crippen molar-refractivity contribution in [1.82, 2.24) is 0 Å². The molecule has 0 aliphatic rings. The molecule has 52 heavy (non-hydrogen) atoms. The number of benzene rings is 4. The molecule has 9 heteroatoms. The number of rotatable bonds is 17. The molecule has 4 rings (SSSR count). The summed E-state index contributed by atoms with van der Waals surface area (Å²) < 4.78 is 27.4. The Balaban J connectivity index is 1.26. The van der Waals surface area contributed by atoms with Gasteiger partial charge in [0.05, 0.1) is 13.2 Å². The van der Waals surface area contributed by atoms with E-state index in [1.165, 1.54) is 12.2 Å². The number of hydrogen-bond donors (Lipinski definition) is 0. The van der Waals surface area contributed by atoms with Crippen LogP contribution in [0.15, 0.2) is 115 Å². The highest BCUT2D eigenvalue weighted by Gasteiger charge is 2.10. The van der Waals surface area contributed by atoms with Crippen LogP contribution >= 0.6 is 0 Å². The first kappa shape index (κ1) is 38.6. The highest BCUT2D eigenvalue weighted by atomic mass is 16.5. The van der Waals surface area contributed by atoms with E-state index in [4.69, 9.17) is 23.7 Å². The summed E-state index contributed by atoms with van der Waals surface area (Å²) in [4.78, 5) is 48.3. The second-order valence-corrected chi connectivity index (χ2v) is 12.1. The Morgan fingerprint density at radius 1 is 0.615 bits per heavy atom. The number of aryl methyl sites for hydroxylation is 1. The van der Waals surface area contributed by atoms with E-state index in [1.54, 1.807) is 75.4 Å². The summed E-state index contributed by atoms with van der Waals surface area (Å²) in [7, 11) is 0. The fourth-order valence-electron chi connectivity index (χ4n) is 4.85. The average molecular weight is 703 g/mol. The fraction of sp³-hybridized carbons (Fsp3) is 0.209. The van der Waals surface area contributed by atoms with Gasteiger partial charge in [-0.2, -0.15) is 0 Å². The van der Waals surface area contributed by atoms with Crippen molar-refractivity contribution < 1.29 is 42.9 Å². The predicted octanol–water partition coefficient (Wildman–Crippen LogP) is 8.93. The Labute approximate surface area is 303 Å². The zero-order valence-corrected chi connectivity index (χ0v) is 29.6. The monoisotopic (exact) mass is 702 g/mol. The average Bonchev–Trinajstić information content (AvgIpc) is 3.12. The molecule has 0 aromatic heterocycles. The normalized spacial score (nSPS) is 11.0. The van der Waals surface area contributed by atoms with Gasteiger partial charge in [0, 0.05) is 28.7 Å². The van der Waals surface area contributed by atoms with Gasteiger partial charge < -0.3 is 23.7 Å². The van der Waals surface area contributed by atoms with Gasteiger partial charge in [-0.1, -0.05) is 55.6 Å². The molecule has 0 unspecified atom stereocenters. The molecule has 0 radical (unpaired) electrons. The van der Waals surface area contributed by atoms with E-state index in [1.807, 2.05) is 36.4 Å². The molecule has 0 N–H and O–H groups in total. The zero-order valence-electron chi connectivity index (χ0n) is 29.6. The first-order valence-electron chi connectivity index (χ1n) is 16.9. The van der Waals surface area contributed by atoms with Gasteiger partial charge >= 0.3 is 23.9 Å². The number of carbonyl (C=O) groups excluding carboxylic acids is 4. The van der Waals surface area contributed by atoms with Crippen molar-refractivity contribution in [3.63, 3.8) is 0 Å². The van der Waals surface area contributed by atoms with Crippen LogP contribution in [0, 0.1) is 6.92 Å². The maximum atomic E-state index is 12.8. The van der Waals surface area contributed by atoms with Crippen molar-refractivity contribution in [3.8, 4) is 23.0 Å². The molecule has 0 heterocycles. The Morgan fingerprint density at radius 2 is 1.23 bits per heavy atom. The summed E-state index contributed by atoms with van der Waals surface area (Å²) in [6.45, 7) is 13.0. The molecule has 0 atom stereocenters. The van der Waals surface area contributed by atoms with Gasteiger partial charge in [-0.15, -0.1) is 0 Å². The summed E-state index contributed by atoms with van der Waals surface area (Å²) in [6, 6.07) is 22.9. The van der Waals surface area contributed by atoms with Crippen molar-refractivity contribution in [1.29, 1.82) is 0 Å². The van der Waals surface area contributed by atoms with Crippen molar-refractivity contribution in [2.45, 2.75) is 46.5 Å². The Bertz CT molecular complexity index is 2000. The second-order valence-electron chi connectivity index (χ2n) is 12.1. The third-order valence-corrected chi connectivity index (χ3v) is 7.62. The van der Waals surface area contributed by atoms with Gasteiger partial charge in [-0.25, -0.2) is 19.2 Å². The first-order chi connectivity index (χ1) is 25.0. The third kappa shape index (κ3) is 12.0. The SMILES string of the molecule is C=C(C)C(=O)OCCCCCCOc1ccc(/C=C/C(=O)Oc2ccc(OC(=O)/C=C/c3ccc(OC(=O)C(=C)C)cc3)cc2C)c2ccccc12. The van der Waals surface area contributed by atoms with Gasteiger partial charge in [-0.05, 0) is 117 Å². The molecule has 0 bridgehead atoms. The number of carbonyl (C=O) groups is 4. The van der Waals surface area contributed by atoms with Crippen LogP contribution in [0.2, 0.25) is 0 Å². The smallest absolute Gasteiger partial charge is 0.338 e. The summed E-state index contributed by atoms with van der Waals surface area (Å²) in [5.41, 5.74) is 2.84. The van der Waals surface area contributed by atoms with E-state index in [0.717, 1.165) is 47.8 Å². The molecule has 4 aromatic carbocycles. The van der Waals surface area contributed by atoms with Crippen molar-refractivity contribution >= 4 is 46.8 Å². The topological polar surface area (TPSA) is 114 Å². The number of unbranched alkanes of at least 4 members (excludes halogenated alkanes) is 3. The molecule has 0 fully saturated rings. The van der Waals surface area contributed by atoms with Crippen LogP contribution in [0.1, 0.15) is 56.2 Å². The Kier molecular flexibility index (Phi) is 14.3. The molecule has 0 saturated carbocycles. The molecule has 4 aromatic rings. The fourth-order valence-corrected chi connectivity index (χ4v) is 4.85. The highest BCUT2D eigenvalue weighted by molar-refractivity contribution is 5.98. The molecule has 9 nitrogen and oxygen atoms in total. The van der Waals surface area contributed by atoms with Crippen molar-refractivity contribution in [2.75, 3.05) is 13.2 Å². The maximum Gasteiger partial charge on any atom is 0.338 e. The van der Waals surface area contributed by atoms with Gasteiger partial charge in [0.1, 0.15) is 23.0 Å². The molecule has 0 aliphatic heterocycles. The van der Waals surface area contributed by atoms with Crippen LogP contribution in [0.3, 0.4) is 0 Å². The van der Waals surface area contributed by atoms with Crippen LogP contribution in [-0.4, -0.2) is 37.1 Å². The van der Waals surface area contributed by atoms with E-state index in [0.29, 0.717) is 52.7 Å². The lowest BCUT2D eigenvalue weighted by Gasteiger charge is -2.11. The number of esters is 4. The Morgan fingerprint density at radius 3 is 1.92 bits per heavy atom. The van der Waals surface area contributed by atoms with Crippen molar-refractivity contribution in [2.24, 2.45) is 0 Å². The minimum absolute atomic E-state index is 0.292. The van der Waals surface area contributed by atoms with Gasteiger partial charge in [0.25, 0.3) is 0 Å². The number of ether oxygens (including phenoxy) is 5. The van der Waals surface area contributed by atoms with Crippen LogP contribution in [0.5, 0.6) is 23.0 Å². The predicted molar refractivity (Wildman–Crippen MR) is 201 cm³/mol. The zero-order chi connectivity index (χ0) is 37.5.